The Balaban J connectivity index is 0.00000316. The van der Waals surface area contributed by atoms with Crippen molar-refractivity contribution in [2.75, 3.05) is 43.2 Å². The van der Waals surface area contributed by atoms with E-state index in [-0.39, 0.29) is 0 Å². The van der Waals surface area contributed by atoms with Gasteiger partial charge in [0.25, 0.3) is 0 Å². The van der Waals surface area contributed by atoms with Gasteiger partial charge in [0.1, 0.15) is 17.6 Å². The van der Waals surface area contributed by atoms with Gasteiger partial charge in [0.05, 0.1) is 22.1 Å². The number of aromatic nitrogens is 1. The maximum Gasteiger partial charge on any atom is 0.156 e. The number of benzene rings is 1. The minimum Gasteiger partial charge on any atom is -0.385 e. The summed E-state index contributed by atoms with van der Waals surface area (Å²) in [4.78, 5) is 5.19. The first-order valence-corrected chi connectivity index (χ1v) is 13.5. The zero-order chi connectivity index (χ0) is 26.9. The highest BCUT2D eigenvalue weighted by atomic mass is 32.2. The normalized spacial score (nSPS) is 12.0. The topological polar surface area (TPSA) is 129 Å². The number of anilines is 2. The zero-order valence-corrected chi connectivity index (χ0v) is 22.3. The summed E-state index contributed by atoms with van der Waals surface area (Å²) >= 11 is 0. The fourth-order valence-corrected chi connectivity index (χ4v) is 3.90. The van der Waals surface area contributed by atoms with Crippen LogP contribution in [0.4, 0.5) is 23.0 Å². The molecule has 36 heavy (non-hydrogen) atoms. The monoisotopic (exact) mass is 528 g/mol. The highest BCUT2D eigenvalue weighted by Crippen LogP contribution is 2.34. The third kappa shape index (κ3) is 9.30. The molecular weight excluding hydrogens is 496 g/mol. The van der Waals surface area contributed by atoms with Crippen molar-refractivity contribution in [3.05, 3.63) is 72.5 Å². The summed E-state index contributed by atoms with van der Waals surface area (Å²) in [5.74, 6) is 1.19. The predicted octanol–water partition coefficient (Wildman–Crippen LogP) is 5.48. The molecule has 0 aliphatic rings. The molecule has 192 valence electrons. The molecule has 1 aromatic carbocycles. The third-order valence-corrected chi connectivity index (χ3v) is 6.63. The molecule has 2 aromatic rings. The second-order valence-electron chi connectivity index (χ2n) is 6.88. The fraction of sp³-hybridized carbons (Fsp3) is 0.280. The van der Waals surface area contributed by atoms with E-state index in [2.05, 4.69) is 58.2 Å². The van der Waals surface area contributed by atoms with Gasteiger partial charge < -0.3 is 15.4 Å². The summed E-state index contributed by atoms with van der Waals surface area (Å²) in [5, 5.41) is 27.5. The molecule has 0 fully saturated rings. The standard InChI is InChI=1S/C23H28N6O3S2.C2H4/c1-5-33(30)15-13-26-22-20(16-24)17(3)21(23(27-22)25-12-7-14-32-4)29-28-18-8-10-19(11-9-18)34(31)6-2;1-2/h5-6,8-11H,1-2,7,12-15H2,3-4H3,(H2,25,26,27);1-2H2. The highest BCUT2D eigenvalue weighted by Gasteiger charge is 2.17. The Morgan fingerprint density at radius 2 is 1.75 bits per heavy atom. The summed E-state index contributed by atoms with van der Waals surface area (Å²) in [6, 6.07) is 8.97. The van der Waals surface area contributed by atoms with Crippen molar-refractivity contribution >= 4 is 44.6 Å². The number of nitrogens with one attached hydrogen (secondary N) is 2. The number of rotatable bonds is 14. The molecule has 2 unspecified atom stereocenters. The Kier molecular flexibility index (Phi) is 14.5. The summed E-state index contributed by atoms with van der Waals surface area (Å²) in [5.41, 5.74) is 1.93. The fourth-order valence-electron chi connectivity index (χ4n) is 2.83. The van der Waals surface area contributed by atoms with Crippen LogP contribution in [-0.2, 0) is 26.3 Å². The van der Waals surface area contributed by atoms with Gasteiger partial charge in [0, 0.05) is 59.2 Å². The molecule has 2 rings (SSSR count). The Hall–Kier alpha value is -3.46. The van der Waals surface area contributed by atoms with Crippen LogP contribution in [0.2, 0.25) is 0 Å². The number of hydrogen-bond donors (Lipinski definition) is 2. The van der Waals surface area contributed by atoms with E-state index in [1.54, 1.807) is 38.3 Å². The van der Waals surface area contributed by atoms with Gasteiger partial charge in [-0.2, -0.15) is 10.4 Å². The Morgan fingerprint density at radius 3 is 2.33 bits per heavy atom. The van der Waals surface area contributed by atoms with Crippen molar-refractivity contribution in [3.63, 3.8) is 0 Å². The predicted molar refractivity (Wildman–Crippen MR) is 149 cm³/mol. The smallest absolute Gasteiger partial charge is 0.156 e. The molecule has 0 aliphatic carbocycles. The maximum absolute atomic E-state index is 11.8. The lowest BCUT2D eigenvalue weighted by Crippen LogP contribution is -2.14. The van der Waals surface area contributed by atoms with E-state index in [1.165, 1.54) is 10.8 Å². The second kappa shape index (κ2) is 17.0. The third-order valence-electron chi connectivity index (χ3n) is 4.61. The van der Waals surface area contributed by atoms with Crippen LogP contribution in [0.3, 0.4) is 0 Å². The van der Waals surface area contributed by atoms with E-state index in [4.69, 9.17) is 4.74 Å². The molecule has 1 heterocycles. The van der Waals surface area contributed by atoms with Crippen LogP contribution in [0.15, 0.2) is 76.5 Å². The SMILES string of the molecule is C=C.C=CS(=O)CCNc1nc(NCCCOC)c(N=Nc2ccc(S(=O)C=C)cc2)c(C)c1C#N. The number of ether oxygens (including phenoxy) is 1. The average Bonchev–Trinajstić information content (AvgIpc) is 2.91. The number of methoxy groups -OCH3 is 1. The largest absolute Gasteiger partial charge is 0.385 e. The van der Waals surface area contributed by atoms with E-state index in [0.29, 0.717) is 64.5 Å². The van der Waals surface area contributed by atoms with Crippen molar-refractivity contribution < 1.29 is 13.2 Å². The number of nitrogens with zero attached hydrogens (tertiary/aromatic N) is 4. The number of pyridine rings is 1. The van der Waals surface area contributed by atoms with E-state index < -0.39 is 21.6 Å². The first-order valence-electron chi connectivity index (χ1n) is 10.9. The van der Waals surface area contributed by atoms with Crippen molar-refractivity contribution in [1.82, 2.24) is 4.98 Å². The number of nitriles is 1. The van der Waals surface area contributed by atoms with Gasteiger partial charge in [-0.05, 0) is 43.0 Å². The molecule has 2 N–H and O–H groups in total. The van der Waals surface area contributed by atoms with Crippen LogP contribution < -0.4 is 10.6 Å². The molecule has 0 radical (unpaired) electrons. The second-order valence-corrected chi connectivity index (χ2v) is 9.78. The van der Waals surface area contributed by atoms with Gasteiger partial charge in [-0.25, -0.2) is 9.19 Å². The van der Waals surface area contributed by atoms with Gasteiger partial charge in [0.15, 0.2) is 5.82 Å². The Labute approximate surface area is 218 Å². The number of azo groups is 1. The zero-order valence-electron chi connectivity index (χ0n) is 20.7. The Morgan fingerprint density at radius 1 is 1.08 bits per heavy atom. The van der Waals surface area contributed by atoms with Crippen LogP contribution in [0.25, 0.3) is 0 Å². The van der Waals surface area contributed by atoms with Gasteiger partial charge in [-0.15, -0.1) is 18.3 Å². The van der Waals surface area contributed by atoms with Crippen LogP contribution in [0, 0.1) is 18.3 Å². The molecule has 0 amide bonds. The van der Waals surface area contributed by atoms with Gasteiger partial charge in [-0.1, -0.05) is 13.2 Å². The minimum atomic E-state index is -1.27. The summed E-state index contributed by atoms with van der Waals surface area (Å²) in [7, 11) is -0.796. The first-order chi connectivity index (χ1) is 17.4. The van der Waals surface area contributed by atoms with Gasteiger partial charge in [0.2, 0.25) is 0 Å². The first kappa shape index (κ1) is 30.6. The molecule has 9 nitrogen and oxygen atoms in total. The summed E-state index contributed by atoms with van der Waals surface area (Å²) < 4.78 is 28.6. The summed E-state index contributed by atoms with van der Waals surface area (Å²) in [6.45, 7) is 16.3. The Bertz CT molecular complexity index is 1140. The van der Waals surface area contributed by atoms with E-state index in [0.717, 1.165) is 6.42 Å². The van der Waals surface area contributed by atoms with Crippen molar-refractivity contribution in [1.29, 1.82) is 5.26 Å². The van der Waals surface area contributed by atoms with Gasteiger partial charge in [-0.3, -0.25) is 4.21 Å². The molecule has 0 saturated heterocycles. The molecule has 2 atom stereocenters. The average molecular weight is 529 g/mol. The van der Waals surface area contributed by atoms with Crippen molar-refractivity contribution in [3.8, 4) is 6.07 Å². The highest BCUT2D eigenvalue weighted by molar-refractivity contribution is 7.88. The molecular formula is C25H32N6O3S2. The maximum atomic E-state index is 11.8. The lowest BCUT2D eigenvalue weighted by molar-refractivity contribution is 0.198. The van der Waals surface area contributed by atoms with Crippen molar-refractivity contribution in [2.45, 2.75) is 18.2 Å². The van der Waals surface area contributed by atoms with Crippen LogP contribution in [0.1, 0.15) is 17.5 Å². The molecule has 0 saturated carbocycles. The van der Waals surface area contributed by atoms with Crippen LogP contribution in [0.5, 0.6) is 0 Å². The molecule has 11 heteroatoms. The number of hydrogen-bond acceptors (Lipinski definition) is 9. The lowest BCUT2D eigenvalue weighted by Gasteiger charge is -2.15. The van der Waals surface area contributed by atoms with Crippen LogP contribution in [-0.4, -0.2) is 46.0 Å². The quantitative estimate of drug-likeness (QED) is 0.189. The van der Waals surface area contributed by atoms with Crippen molar-refractivity contribution in [2.24, 2.45) is 10.2 Å². The molecule has 0 bridgehead atoms. The lowest BCUT2D eigenvalue weighted by atomic mass is 10.1. The minimum absolute atomic E-state index is 0.331. The van der Waals surface area contributed by atoms with E-state index in [9.17, 15) is 13.7 Å². The summed E-state index contributed by atoms with van der Waals surface area (Å²) in [6.07, 6.45) is 0.747. The molecule has 1 aromatic heterocycles. The molecule has 0 aliphatic heterocycles. The molecule has 0 spiro atoms. The van der Waals surface area contributed by atoms with Gasteiger partial charge >= 0.3 is 0 Å². The van der Waals surface area contributed by atoms with E-state index in [1.807, 2.05) is 0 Å². The van der Waals surface area contributed by atoms with E-state index >= 15 is 0 Å². The van der Waals surface area contributed by atoms with Crippen LogP contribution >= 0.6 is 0 Å².